The van der Waals surface area contributed by atoms with Gasteiger partial charge >= 0.3 is 0 Å². The van der Waals surface area contributed by atoms with Gasteiger partial charge in [-0.3, -0.25) is 19.3 Å². The van der Waals surface area contributed by atoms with Crippen molar-refractivity contribution in [2.24, 2.45) is 0 Å². The molecule has 0 radical (unpaired) electrons. The van der Waals surface area contributed by atoms with Gasteiger partial charge in [-0.25, -0.2) is 4.39 Å². The summed E-state index contributed by atoms with van der Waals surface area (Å²) in [5.41, 5.74) is 3.33. The summed E-state index contributed by atoms with van der Waals surface area (Å²) in [5, 5.41) is 2.43. The maximum Gasteiger partial charge on any atom is 0.293 e. The molecule has 0 bridgehead atoms. The van der Waals surface area contributed by atoms with Crippen LogP contribution >= 0.6 is 23.4 Å². The fourth-order valence-corrected chi connectivity index (χ4v) is 4.69. The number of benzene rings is 3. The molecule has 3 aromatic rings. The number of hydrogen-bond acceptors (Lipinski definition) is 5. The fourth-order valence-electron chi connectivity index (χ4n) is 3.63. The second kappa shape index (κ2) is 11.0. The van der Waals surface area contributed by atoms with Crippen molar-refractivity contribution < 1.29 is 23.5 Å². The monoisotopic (exact) mass is 524 g/mol. The summed E-state index contributed by atoms with van der Waals surface area (Å²) in [6.07, 6.45) is 1.52. The number of carbonyl (C=O) groups is 3. The molecule has 0 atom stereocenters. The van der Waals surface area contributed by atoms with Crippen molar-refractivity contribution in [3.8, 4) is 5.75 Å². The third kappa shape index (κ3) is 5.78. The van der Waals surface area contributed by atoms with Crippen molar-refractivity contribution in [1.29, 1.82) is 0 Å². The zero-order valence-corrected chi connectivity index (χ0v) is 21.1. The Morgan fingerprint density at radius 2 is 1.89 bits per heavy atom. The first kappa shape index (κ1) is 25.5. The van der Waals surface area contributed by atoms with Crippen molar-refractivity contribution in [2.45, 2.75) is 20.4 Å². The van der Waals surface area contributed by atoms with Gasteiger partial charge in [-0.1, -0.05) is 53.6 Å². The topological polar surface area (TPSA) is 75.7 Å². The van der Waals surface area contributed by atoms with Crippen LogP contribution in [0.5, 0.6) is 5.75 Å². The van der Waals surface area contributed by atoms with Crippen LogP contribution in [0, 0.1) is 19.7 Å². The first-order valence-electron chi connectivity index (χ1n) is 11.0. The van der Waals surface area contributed by atoms with Crippen LogP contribution in [-0.2, 0) is 16.1 Å². The van der Waals surface area contributed by atoms with E-state index in [-0.39, 0.29) is 34.6 Å². The SMILES string of the molecule is Cc1ccc(NC(=O)COc2ccccc2/C=C2\SC(=O)N(Cc3c(F)cccc3Cl)C2=O)c(C)c1. The van der Waals surface area contributed by atoms with Crippen LogP contribution in [-0.4, -0.2) is 28.6 Å². The Morgan fingerprint density at radius 3 is 2.64 bits per heavy atom. The van der Waals surface area contributed by atoms with Crippen LogP contribution < -0.4 is 10.1 Å². The molecular formula is C27H22ClFN2O4S. The number of thioether (sulfide) groups is 1. The molecule has 1 fully saturated rings. The van der Waals surface area contributed by atoms with E-state index in [9.17, 15) is 18.8 Å². The third-order valence-electron chi connectivity index (χ3n) is 5.47. The number of hydrogen-bond donors (Lipinski definition) is 1. The summed E-state index contributed by atoms with van der Waals surface area (Å²) in [4.78, 5) is 39.0. The molecule has 1 N–H and O–H groups in total. The van der Waals surface area contributed by atoms with Crippen molar-refractivity contribution in [2.75, 3.05) is 11.9 Å². The van der Waals surface area contributed by atoms with E-state index in [0.717, 1.165) is 27.8 Å². The summed E-state index contributed by atoms with van der Waals surface area (Å²) in [5.74, 6) is -1.12. The maximum absolute atomic E-state index is 14.2. The van der Waals surface area contributed by atoms with Crippen LogP contribution in [0.4, 0.5) is 14.9 Å². The standard InChI is InChI=1S/C27H22ClFN2O4S/c1-16-10-11-22(17(2)12-16)30-25(32)15-35-23-9-4-3-6-18(23)13-24-26(33)31(27(34)36-24)14-19-20(28)7-5-8-21(19)29/h3-13H,14-15H2,1-2H3,(H,30,32)/b24-13-. The van der Waals surface area contributed by atoms with Crippen molar-refractivity contribution in [1.82, 2.24) is 4.90 Å². The van der Waals surface area contributed by atoms with Gasteiger partial charge in [0.2, 0.25) is 0 Å². The molecule has 4 rings (SSSR count). The molecule has 0 unspecified atom stereocenters. The summed E-state index contributed by atoms with van der Waals surface area (Å²) in [6, 6.07) is 16.7. The number of nitrogens with one attached hydrogen (secondary N) is 1. The molecule has 1 aliphatic rings. The summed E-state index contributed by atoms with van der Waals surface area (Å²) >= 11 is 6.80. The Hall–Kier alpha value is -3.62. The predicted molar refractivity (Wildman–Crippen MR) is 139 cm³/mol. The van der Waals surface area contributed by atoms with Gasteiger partial charge in [0, 0.05) is 21.8 Å². The lowest BCUT2D eigenvalue weighted by Crippen LogP contribution is -2.28. The number of carbonyl (C=O) groups excluding carboxylic acids is 3. The average molecular weight is 525 g/mol. The first-order valence-corrected chi connectivity index (χ1v) is 12.2. The van der Waals surface area contributed by atoms with Gasteiger partial charge < -0.3 is 10.1 Å². The molecule has 0 aromatic heterocycles. The van der Waals surface area contributed by atoms with E-state index in [0.29, 0.717) is 17.0 Å². The second-order valence-corrected chi connectivity index (χ2v) is 9.56. The lowest BCUT2D eigenvalue weighted by molar-refractivity contribution is -0.123. The summed E-state index contributed by atoms with van der Waals surface area (Å²) < 4.78 is 19.9. The van der Waals surface area contributed by atoms with E-state index < -0.39 is 17.0 Å². The lowest BCUT2D eigenvalue weighted by Gasteiger charge is -2.14. The van der Waals surface area contributed by atoms with E-state index in [1.807, 2.05) is 32.0 Å². The van der Waals surface area contributed by atoms with E-state index >= 15 is 0 Å². The van der Waals surface area contributed by atoms with Crippen LogP contribution in [0.3, 0.4) is 0 Å². The van der Waals surface area contributed by atoms with Crippen LogP contribution in [0.25, 0.3) is 6.08 Å². The molecule has 0 aliphatic carbocycles. The molecule has 1 heterocycles. The lowest BCUT2D eigenvalue weighted by atomic mass is 10.1. The molecule has 3 aromatic carbocycles. The molecular weight excluding hydrogens is 503 g/mol. The summed E-state index contributed by atoms with van der Waals surface area (Å²) in [7, 11) is 0. The van der Waals surface area contributed by atoms with Crippen LogP contribution in [0.15, 0.2) is 65.6 Å². The summed E-state index contributed by atoms with van der Waals surface area (Å²) in [6.45, 7) is 3.37. The number of para-hydroxylation sites is 1. The maximum atomic E-state index is 14.2. The molecule has 1 aliphatic heterocycles. The minimum absolute atomic E-state index is 0.0706. The van der Waals surface area contributed by atoms with E-state index in [1.165, 1.54) is 24.3 Å². The quantitative estimate of drug-likeness (QED) is 0.364. The van der Waals surface area contributed by atoms with Crippen molar-refractivity contribution in [3.05, 3.63) is 98.7 Å². The number of aryl methyl sites for hydroxylation is 2. The van der Waals surface area contributed by atoms with Gasteiger partial charge in [-0.2, -0.15) is 0 Å². The number of rotatable bonds is 7. The minimum Gasteiger partial charge on any atom is -0.483 e. The van der Waals surface area contributed by atoms with Gasteiger partial charge in [0.15, 0.2) is 6.61 Å². The highest BCUT2D eigenvalue weighted by atomic mass is 35.5. The molecule has 0 spiro atoms. The van der Waals surface area contributed by atoms with Crippen molar-refractivity contribution >= 4 is 52.2 Å². The molecule has 9 heteroatoms. The normalized spacial score (nSPS) is 14.4. The average Bonchev–Trinajstić information content (AvgIpc) is 3.10. The van der Waals surface area contributed by atoms with Gasteiger partial charge in [0.1, 0.15) is 11.6 Å². The Labute approximate surface area is 217 Å². The predicted octanol–water partition coefficient (Wildman–Crippen LogP) is 6.35. The largest absolute Gasteiger partial charge is 0.483 e. The highest BCUT2D eigenvalue weighted by Crippen LogP contribution is 2.36. The van der Waals surface area contributed by atoms with E-state index in [2.05, 4.69) is 5.32 Å². The molecule has 3 amide bonds. The Kier molecular flexibility index (Phi) is 7.76. The van der Waals surface area contributed by atoms with Crippen molar-refractivity contribution in [3.63, 3.8) is 0 Å². The zero-order valence-electron chi connectivity index (χ0n) is 19.5. The number of halogens is 2. The Bertz CT molecular complexity index is 1370. The highest BCUT2D eigenvalue weighted by molar-refractivity contribution is 8.18. The van der Waals surface area contributed by atoms with Gasteiger partial charge in [0.25, 0.3) is 17.1 Å². The molecule has 1 saturated heterocycles. The molecule has 36 heavy (non-hydrogen) atoms. The fraction of sp³-hybridized carbons (Fsp3) is 0.148. The van der Waals surface area contributed by atoms with Crippen LogP contribution in [0.2, 0.25) is 5.02 Å². The number of ether oxygens (including phenoxy) is 1. The number of amides is 3. The van der Waals surface area contributed by atoms with Crippen LogP contribution in [0.1, 0.15) is 22.3 Å². The second-order valence-electron chi connectivity index (χ2n) is 8.16. The number of imide groups is 1. The minimum atomic E-state index is -0.594. The Morgan fingerprint density at radius 1 is 1.11 bits per heavy atom. The third-order valence-corrected chi connectivity index (χ3v) is 6.73. The van der Waals surface area contributed by atoms with Gasteiger partial charge in [-0.15, -0.1) is 0 Å². The van der Waals surface area contributed by atoms with Gasteiger partial charge in [0.05, 0.1) is 11.4 Å². The number of anilines is 1. The van der Waals surface area contributed by atoms with Gasteiger partial charge in [-0.05, 0) is 61.5 Å². The first-order chi connectivity index (χ1) is 17.2. The number of nitrogens with zero attached hydrogens (tertiary/aromatic N) is 1. The molecule has 184 valence electrons. The highest BCUT2D eigenvalue weighted by Gasteiger charge is 2.36. The molecule has 6 nitrogen and oxygen atoms in total. The van der Waals surface area contributed by atoms with E-state index in [4.69, 9.17) is 16.3 Å². The molecule has 0 saturated carbocycles. The zero-order chi connectivity index (χ0) is 25.8. The smallest absolute Gasteiger partial charge is 0.293 e. The van der Waals surface area contributed by atoms with E-state index in [1.54, 1.807) is 24.3 Å². The Balaban J connectivity index is 1.46.